The van der Waals surface area contributed by atoms with Gasteiger partial charge in [0, 0.05) is 23.2 Å². The number of carbonyl (C=O) groups excluding carboxylic acids is 1. The zero-order chi connectivity index (χ0) is 15.2. The lowest BCUT2D eigenvalue weighted by Crippen LogP contribution is -2.44. The number of carbonyl (C=O) groups is 1. The normalized spacial score (nSPS) is 18.6. The molecule has 1 saturated heterocycles. The van der Waals surface area contributed by atoms with Gasteiger partial charge < -0.3 is 15.4 Å². The number of nitrogens with zero attached hydrogens (tertiary/aromatic N) is 1. The van der Waals surface area contributed by atoms with Gasteiger partial charge in [0.05, 0.1) is 12.9 Å². The number of hydrogen-bond donors (Lipinski definition) is 1. The number of nitrogen functional groups attached to an aromatic ring is 1. The van der Waals surface area contributed by atoms with Crippen LogP contribution in [0.5, 0.6) is 5.75 Å². The number of piperidine rings is 1. The van der Waals surface area contributed by atoms with Crippen molar-refractivity contribution in [1.29, 1.82) is 0 Å². The van der Waals surface area contributed by atoms with Crippen molar-refractivity contribution in [2.24, 2.45) is 0 Å². The number of likely N-dealkylation sites (tertiary alicyclic amines) is 1. The Morgan fingerprint density at radius 3 is 3.00 bits per heavy atom. The van der Waals surface area contributed by atoms with Gasteiger partial charge in [-0.1, -0.05) is 6.92 Å². The molecule has 1 aromatic carbocycles. The molecule has 0 aromatic heterocycles. The third-order valence-electron chi connectivity index (χ3n) is 3.99. The molecule has 1 atom stereocenters. The van der Waals surface area contributed by atoms with Crippen LogP contribution in [-0.2, 0) is 4.79 Å². The number of ether oxygens (including phenoxy) is 1. The van der Waals surface area contributed by atoms with Crippen molar-refractivity contribution in [3.05, 3.63) is 18.2 Å². The second-order valence-corrected chi connectivity index (χ2v) is 6.35. The number of methoxy groups -OCH3 is 1. The van der Waals surface area contributed by atoms with Crippen LogP contribution in [0.15, 0.2) is 23.1 Å². The highest BCUT2D eigenvalue weighted by Gasteiger charge is 2.25. The average molecular weight is 308 g/mol. The molecule has 4 nitrogen and oxygen atoms in total. The molecule has 1 aliphatic rings. The molecule has 1 amide bonds. The Balaban J connectivity index is 1.97. The molecule has 0 saturated carbocycles. The van der Waals surface area contributed by atoms with Crippen LogP contribution in [0.2, 0.25) is 0 Å². The van der Waals surface area contributed by atoms with E-state index in [1.165, 1.54) is 18.2 Å². The van der Waals surface area contributed by atoms with E-state index in [1.54, 1.807) is 7.11 Å². The summed E-state index contributed by atoms with van der Waals surface area (Å²) in [6.45, 7) is 3.05. The van der Waals surface area contributed by atoms with Gasteiger partial charge in [-0.25, -0.2) is 0 Å². The van der Waals surface area contributed by atoms with Crippen LogP contribution in [0.3, 0.4) is 0 Å². The van der Waals surface area contributed by atoms with Crippen molar-refractivity contribution in [3.63, 3.8) is 0 Å². The lowest BCUT2D eigenvalue weighted by Gasteiger charge is -2.35. The van der Waals surface area contributed by atoms with Gasteiger partial charge in [0.2, 0.25) is 5.91 Å². The first kappa shape index (κ1) is 16.0. The number of benzene rings is 1. The van der Waals surface area contributed by atoms with Crippen molar-refractivity contribution in [2.45, 2.75) is 43.5 Å². The van der Waals surface area contributed by atoms with Crippen molar-refractivity contribution in [3.8, 4) is 5.75 Å². The number of amides is 1. The highest BCUT2D eigenvalue weighted by atomic mass is 32.2. The second-order valence-electron chi connectivity index (χ2n) is 5.34. The summed E-state index contributed by atoms with van der Waals surface area (Å²) in [5.74, 6) is 1.42. The molecule has 2 N–H and O–H groups in total. The van der Waals surface area contributed by atoms with Gasteiger partial charge in [0.25, 0.3) is 0 Å². The number of hydrogen-bond acceptors (Lipinski definition) is 4. The van der Waals surface area contributed by atoms with E-state index >= 15 is 0 Å². The van der Waals surface area contributed by atoms with Crippen molar-refractivity contribution in [2.75, 3.05) is 25.1 Å². The molecule has 0 aliphatic carbocycles. The standard InChI is InChI=1S/C16H24N2O2S/c1-3-12-6-4-5-9-18(12)16(19)11-21-15-10-13(20-2)7-8-14(15)17/h7-8,10,12H,3-6,9,11,17H2,1-2H3. The van der Waals surface area contributed by atoms with E-state index in [9.17, 15) is 4.79 Å². The minimum atomic E-state index is 0.216. The highest BCUT2D eigenvalue weighted by molar-refractivity contribution is 8.00. The zero-order valence-electron chi connectivity index (χ0n) is 12.8. The monoisotopic (exact) mass is 308 g/mol. The third kappa shape index (κ3) is 4.06. The predicted molar refractivity (Wildman–Crippen MR) is 87.8 cm³/mol. The van der Waals surface area contributed by atoms with Gasteiger partial charge in [0.15, 0.2) is 0 Å². The highest BCUT2D eigenvalue weighted by Crippen LogP contribution is 2.30. The van der Waals surface area contributed by atoms with E-state index in [4.69, 9.17) is 10.5 Å². The number of anilines is 1. The molecule has 1 fully saturated rings. The predicted octanol–water partition coefficient (Wildman–Crippen LogP) is 3.16. The first-order chi connectivity index (χ1) is 10.2. The van der Waals surface area contributed by atoms with E-state index < -0.39 is 0 Å². The van der Waals surface area contributed by atoms with Gasteiger partial charge in [-0.2, -0.15) is 0 Å². The summed E-state index contributed by atoms with van der Waals surface area (Å²) in [6, 6.07) is 5.95. The van der Waals surface area contributed by atoms with Crippen LogP contribution in [0.1, 0.15) is 32.6 Å². The summed E-state index contributed by atoms with van der Waals surface area (Å²) in [4.78, 5) is 15.4. The molecule has 2 rings (SSSR count). The van der Waals surface area contributed by atoms with Crippen molar-refractivity contribution < 1.29 is 9.53 Å². The molecule has 116 valence electrons. The van der Waals surface area contributed by atoms with Crippen LogP contribution < -0.4 is 10.5 Å². The Bertz CT molecular complexity index is 493. The van der Waals surface area contributed by atoms with E-state index in [0.717, 1.165) is 36.5 Å². The van der Waals surface area contributed by atoms with Crippen LogP contribution in [0, 0.1) is 0 Å². The summed E-state index contributed by atoms with van der Waals surface area (Å²) in [5, 5.41) is 0. The summed E-state index contributed by atoms with van der Waals surface area (Å²) < 4.78 is 5.20. The first-order valence-electron chi connectivity index (χ1n) is 7.51. The van der Waals surface area contributed by atoms with Crippen LogP contribution >= 0.6 is 11.8 Å². The molecule has 21 heavy (non-hydrogen) atoms. The van der Waals surface area contributed by atoms with E-state index in [2.05, 4.69) is 6.92 Å². The van der Waals surface area contributed by atoms with Crippen LogP contribution in [0.25, 0.3) is 0 Å². The fraction of sp³-hybridized carbons (Fsp3) is 0.562. The third-order valence-corrected chi connectivity index (χ3v) is 5.05. The van der Waals surface area contributed by atoms with Gasteiger partial charge in [-0.3, -0.25) is 4.79 Å². The maximum Gasteiger partial charge on any atom is 0.233 e. The lowest BCUT2D eigenvalue weighted by atomic mass is 10.0. The van der Waals surface area contributed by atoms with Gasteiger partial charge >= 0.3 is 0 Å². The summed E-state index contributed by atoms with van der Waals surface area (Å²) in [6.07, 6.45) is 4.53. The maximum atomic E-state index is 12.4. The molecular weight excluding hydrogens is 284 g/mol. The van der Waals surface area contributed by atoms with Crippen molar-refractivity contribution in [1.82, 2.24) is 4.90 Å². The topological polar surface area (TPSA) is 55.6 Å². The summed E-state index contributed by atoms with van der Waals surface area (Å²) >= 11 is 1.49. The van der Waals surface area contributed by atoms with Gasteiger partial charge in [-0.15, -0.1) is 11.8 Å². The largest absolute Gasteiger partial charge is 0.497 e. The molecule has 1 aromatic rings. The quantitative estimate of drug-likeness (QED) is 0.670. The molecule has 5 heteroatoms. The minimum Gasteiger partial charge on any atom is -0.497 e. The van der Waals surface area contributed by atoms with Crippen LogP contribution in [-0.4, -0.2) is 36.3 Å². The smallest absolute Gasteiger partial charge is 0.233 e. The van der Waals surface area contributed by atoms with Crippen LogP contribution in [0.4, 0.5) is 5.69 Å². The molecule has 0 bridgehead atoms. The molecule has 1 heterocycles. The second kappa shape index (κ2) is 7.59. The lowest BCUT2D eigenvalue weighted by molar-refractivity contribution is -0.132. The van der Waals surface area contributed by atoms with Crippen molar-refractivity contribution >= 4 is 23.4 Å². The van der Waals surface area contributed by atoms with E-state index in [0.29, 0.717) is 17.5 Å². The SMILES string of the molecule is CCC1CCCCN1C(=O)CSc1cc(OC)ccc1N. The number of rotatable bonds is 5. The van der Waals surface area contributed by atoms with Gasteiger partial charge in [0.1, 0.15) is 5.75 Å². The minimum absolute atomic E-state index is 0.216. The molecule has 0 radical (unpaired) electrons. The molecule has 0 spiro atoms. The van der Waals surface area contributed by atoms with Gasteiger partial charge in [-0.05, 0) is 43.9 Å². The maximum absolute atomic E-state index is 12.4. The Labute approximate surface area is 131 Å². The number of nitrogens with two attached hydrogens (primary N) is 1. The summed E-state index contributed by atoms with van der Waals surface area (Å²) in [7, 11) is 1.63. The Kier molecular flexibility index (Phi) is 5.79. The Morgan fingerprint density at radius 1 is 1.48 bits per heavy atom. The zero-order valence-corrected chi connectivity index (χ0v) is 13.6. The molecule has 1 unspecified atom stereocenters. The first-order valence-corrected chi connectivity index (χ1v) is 8.50. The molecule has 1 aliphatic heterocycles. The Morgan fingerprint density at radius 2 is 2.29 bits per heavy atom. The summed E-state index contributed by atoms with van der Waals surface area (Å²) in [5.41, 5.74) is 6.65. The van der Waals surface area contributed by atoms with E-state index in [1.807, 2.05) is 23.1 Å². The van der Waals surface area contributed by atoms with E-state index in [-0.39, 0.29) is 5.91 Å². The molecular formula is C16H24N2O2S. The number of thioether (sulfide) groups is 1. The fourth-order valence-electron chi connectivity index (χ4n) is 2.74. The fourth-order valence-corrected chi connectivity index (χ4v) is 3.62. The Hall–Kier alpha value is -1.36. The average Bonchev–Trinajstić information content (AvgIpc) is 2.53.